The molecule has 1 spiro atoms. The maximum absolute atomic E-state index is 12.9. The first-order chi connectivity index (χ1) is 11.0. The van der Waals surface area contributed by atoms with Crippen LogP contribution in [0, 0.1) is 6.92 Å². The van der Waals surface area contributed by atoms with Crippen LogP contribution in [0.5, 0.6) is 0 Å². The molecule has 0 aromatic heterocycles. The van der Waals surface area contributed by atoms with Gasteiger partial charge in [-0.3, -0.25) is 4.79 Å². The molecular formula is C19H23NO3. The number of anilines is 1. The van der Waals surface area contributed by atoms with E-state index in [9.17, 15) is 9.59 Å². The molecule has 0 unspecified atom stereocenters. The van der Waals surface area contributed by atoms with Crippen molar-refractivity contribution in [3.05, 3.63) is 41.0 Å². The van der Waals surface area contributed by atoms with Crippen molar-refractivity contribution in [3.63, 3.8) is 0 Å². The minimum Gasteiger partial charge on any atom is -0.451 e. The predicted molar refractivity (Wildman–Crippen MR) is 89.0 cm³/mol. The van der Waals surface area contributed by atoms with Gasteiger partial charge >= 0.3 is 5.97 Å². The van der Waals surface area contributed by atoms with Gasteiger partial charge in [0.15, 0.2) is 0 Å². The zero-order valence-electron chi connectivity index (χ0n) is 13.8. The van der Waals surface area contributed by atoms with Crippen molar-refractivity contribution >= 4 is 17.6 Å². The van der Waals surface area contributed by atoms with Crippen LogP contribution in [0.15, 0.2) is 35.4 Å². The van der Waals surface area contributed by atoms with Gasteiger partial charge in [-0.05, 0) is 51.2 Å². The number of esters is 1. The molecule has 0 atom stereocenters. The maximum Gasteiger partial charge on any atom is 0.335 e. The quantitative estimate of drug-likeness (QED) is 0.843. The highest BCUT2D eigenvalue weighted by atomic mass is 16.6. The minimum absolute atomic E-state index is 0.204. The SMILES string of the molecule is CC1=C(C(=O)Nc2ccccc2C)C2(CCCCCC2)OC1=O. The van der Waals surface area contributed by atoms with Gasteiger partial charge in [0.05, 0.1) is 5.57 Å². The lowest BCUT2D eigenvalue weighted by molar-refractivity contribution is -0.148. The molecular weight excluding hydrogens is 290 g/mol. The Morgan fingerprint density at radius 1 is 1.09 bits per heavy atom. The van der Waals surface area contributed by atoms with E-state index >= 15 is 0 Å². The van der Waals surface area contributed by atoms with E-state index in [1.807, 2.05) is 31.2 Å². The maximum atomic E-state index is 12.9. The summed E-state index contributed by atoms with van der Waals surface area (Å²) in [7, 11) is 0. The topological polar surface area (TPSA) is 55.4 Å². The third-order valence-corrected chi connectivity index (χ3v) is 4.96. The second kappa shape index (κ2) is 6.19. The monoisotopic (exact) mass is 313 g/mol. The summed E-state index contributed by atoms with van der Waals surface area (Å²) in [6, 6.07) is 7.65. The van der Waals surface area contributed by atoms with Gasteiger partial charge < -0.3 is 10.1 Å². The molecule has 1 N–H and O–H groups in total. The third-order valence-electron chi connectivity index (χ3n) is 4.96. The Morgan fingerprint density at radius 3 is 2.39 bits per heavy atom. The van der Waals surface area contributed by atoms with Crippen molar-refractivity contribution in [3.8, 4) is 0 Å². The second-order valence-electron chi connectivity index (χ2n) is 6.57. The average Bonchev–Trinajstić information content (AvgIpc) is 2.67. The van der Waals surface area contributed by atoms with Gasteiger partial charge in [0.1, 0.15) is 5.60 Å². The highest BCUT2D eigenvalue weighted by Crippen LogP contribution is 2.43. The van der Waals surface area contributed by atoms with Crippen molar-refractivity contribution in [2.75, 3.05) is 5.32 Å². The molecule has 122 valence electrons. The Hall–Kier alpha value is -2.10. The number of carbonyl (C=O) groups excluding carboxylic acids is 2. The number of aryl methyl sites for hydroxylation is 1. The summed E-state index contributed by atoms with van der Waals surface area (Å²) in [6.45, 7) is 3.66. The van der Waals surface area contributed by atoms with Crippen LogP contribution in [0.25, 0.3) is 0 Å². The lowest BCUT2D eigenvalue weighted by Crippen LogP contribution is -2.36. The molecule has 4 nitrogen and oxygen atoms in total. The molecule has 1 aliphatic carbocycles. The first kappa shape index (κ1) is 15.8. The predicted octanol–water partition coefficient (Wildman–Crippen LogP) is 3.90. The van der Waals surface area contributed by atoms with E-state index in [1.165, 1.54) is 0 Å². The molecule has 1 aromatic carbocycles. The summed E-state index contributed by atoms with van der Waals surface area (Å²) in [6.07, 6.45) is 5.72. The number of hydrogen-bond acceptors (Lipinski definition) is 3. The average molecular weight is 313 g/mol. The van der Waals surface area contributed by atoms with Crippen LogP contribution < -0.4 is 5.32 Å². The molecule has 3 rings (SSSR count). The van der Waals surface area contributed by atoms with Crippen LogP contribution in [-0.2, 0) is 14.3 Å². The summed E-state index contributed by atoms with van der Waals surface area (Å²) in [5.41, 5.74) is 2.05. The smallest absolute Gasteiger partial charge is 0.335 e. The molecule has 2 aliphatic rings. The lowest BCUT2D eigenvalue weighted by Gasteiger charge is -2.29. The normalized spacial score (nSPS) is 20.3. The van der Waals surface area contributed by atoms with Crippen molar-refractivity contribution < 1.29 is 14.3 Å². The largest absolute Gasteiger partial charge is 0.451 e. The fourth-order valence-electron chi connectivity index (χ4n) is 3.68. The van der Waals surface area contributed by atoms with E-state index in [4.69, 9.17) is 4.74 Å². The third kappa shape index (κ3) is 2.90. The Labute approximate surface area is 136 Å². The molecule has 1 aliphatic heterocycles. The zero-order chi connectivity index (χ0) is 16.4. The number of hydrogen-bond donors (Lipinski definition) is 1. The van der Waals surface area contributed by atoms with Crippen molar-refractivity contribution in [2.24, 2.45) is 0 Å². The molecule has 1 amide bonds. The fourth-order valence-corrected chi connectivity index (χ4v) is 3.68. The first-order valence-corrected chi connectivity index (χ1v) is 8.35. The van der Waals surface area contributed by atoms with Gasteiger partial charge in [-0.25, -0.2) is 4.79 Å². The van der Waals surface area contributed by atoms with Gasteiger partial charge in [0, 0.05) is 11.3 Å². The Morgan fingerprint density at radius 2 is 1.74 bits per heavy atom. The van der Waals surface area contributed by atoms with Crippen molar-refractivity contribution in [1.82, 2.24) is 0 Å². The number of rotatable bonds is 2. The van der Waals surface area contributed by atoms with E-state index in [0.717, 1.165) is 49.8 Å². The molecule has 4 heteroatoms. The second-order valence-corrected chi connectivity index (χ2v) is 6.57. The summed E-state index contributed by atoms with van der Waals surface area (Å²) in [4.78, 5) is 25.0. The number of carbonyl (C=O) groups is 2. The van der Waals surface area contributed by atoms with Gasteiger partial charge in [0.25, 0.3) is 5.91 Å². The van der Waals surface area contributed by atoms with E-state index in [-0.39, 0.29) is 11.9 Å². The number of ether oxygens (including phenoxy) is 1. The summed E-state index contributed by atoms with van der Waals surface area (Å²) in [5.74, 6) is -0.550. The van der Waals surface area contributed by atoms with Gasteiger partial charge in [-0.1, -0.05) is 31.0 Å². The van der Waals surface area contributed by atoms with Crippen molar-refractivity contribution in [2.45, 2.75) is 58.0 Å². The number of amides is 1. The van der Waals surface area contributed by atoms with Crippen molar-refractivity contribution in [1.29, 1.82) is 0 Å². The van der Waals surface area contributed by atoms with Gasteiger partial charge in [0.2, 0.25) is 0 Å². The van der Waals surface area contributed by atoms with Crippen LogP contribution in [0.2, 0.25) is 0 Å². The van der Waals surface area contributed by atoms with Crippen LogP contribution in [0.4, 0.5) is 5.69 Å². The molecule has 0 radical (unpaired) electrons. The van der Waals surface area contributed by atoms with E-state index in [2.05, 4.69) is 5.32 Å². The number of benzene rings is 1. The summed E-state index contributed by atoms with van der Waals surface area (Å²) >= 11 is 0. The Bertz CT molecular complexity index is 667. The highest BCUT2D eigenvalue weighted by molar-refractivity contribution is 6.12. The van der Waals surface area contributed by atoms with Gasteiger partial charge in [-0.15, -0.1) is 0 Å². The van der Waals surface area contributed by atoms with Crippen LogP contribution >= 0.6 is 0 Å². The standard InChI is InChI=1S/C19H23NO3/c1-13-9-5-6-10-15(13)20-17(21)16-14(2)18(22)23-19(16)11-7-3-4-8-12-19/h5-6,9-10H,3-4,7-8,11-12H2,1-2H3,(H,20,21). The molecule has 1 heterocycles. The first-order valence-electron chi connectivity index (χ1n) is 8.35. The number of para-hydroxylation sites is 1. The molecule has 0 bridgehead atoms. The summed E-state index contributed by atoms with van der Waals surface area (Å²) < 4.78 is 5.71. The molecule has 0 saturated heterocycles. The van der Waals surface area contributed by atoms with Crippen LogP contribution in [-0.4, -0.2) is 17.5 Å². The van der Waals surface area contributed by atoms with E-state index in [0.29, 0.717) is 11.1 Å². The van der Waals surface area contributed by atoms with Gasteiger partial charge in [-0.2, -0.15) is 0 Å². The van der Waals surface area contributed by atoms with E-state index in [1.54, 1.807) is 6.92 Å². The highest BCUT2D eigenvalue weighted by Gasteiger charge is 2.49. The Kier molecular flexibility index (Phi) is 4.24. The number of nitrogens with one attached hydrogen (secondary N) is 1. The zero-order valence-corrected chi connectivity index (χ0v) is 13.8. The molecule has 1 saturated carbocycles. The van der Waals surface area contributed by atoms with Crippen LogP contribution in [0.3, 0.4) is 0 Å². The minimum atomic E-state index is -0.718. The fraction of sp³-hybridized carbons (Fsp3) is 0.474. The Balaban J connectivity index is 1.92. The molecule has 1 fully saturated rings. The van der Waals surface area contributed by atoms with Crippen LogP contribution in [0.1, 0.15) is 51.0 Å². The van der Waals surface area contributed by atoms with E-state index < -0.39 is 5.60 Å². The molecule has 23 heavy (non-hydrogen) atoms. The molecule has 1 aromatic rings. The lowest BCUT2D eigenvalue weighted by atomic mass is 9.84. The summed E-state index contributed by atoms with van der Waals surface area (Å²) in [5, 5.41) is 2.97.